The van der Waals surface area contributed by atoms with E-state index in [2.05, 4.69) is 31.5 Å². The van der Waals surface area contributed by atoms with Gasteiger partial charge in [0.1, 0.15) is 11.9 Å². The summed E-state index contributed by atoms with van der Waals surface area (Å²) in [5.74, 6) is 0.881. The lowest BCUT2D eigenvalue weighted by atomic mass is 10.1. The summed E-state index contributed by atoms with van der Waals surface area (Å²) in [5.41, 5.74) is 2.68. The van der Waals surface area contributed by atoms with Gasteiger partial charge >= 0.3 is 0 Å². The normalized spacial score (nSPS) is 14.2. The Morgan fingerprint density at radius 2 is 1.95 bits per heavy atom. The van der Waals surface area contributed by atoms with Gasteiger partial charge in [-0.05, 0) is 31.0 Å². The first-order valence-electron chi connectivity index (χ1n) is 12.3. The van der Waals surface area contributed by atoms with Crippen LogP contribution in [0.15, 0.2) is 59.7 Å². The zero-order chi connectivity index (χ0) is 26.0. The summed E-state index contributed by atoms with van der Waals surface area (Å²) >= 11 is 0. The molecule has 2 aromatic heterocycles. The second kappa shape index (κ2) is 12.6. The standard InChI is InChI=1S/C27H31N7O3/c1-20-24(18-30-32-27(20)36)31-23(15-21-5-3-2-4-6-21)19-37-14-9-26(35)34-12-10-33(11-13-34)25-8-7-22(16-28)17-29-25/h2-8,17-18,23H,9-15,19H2,1H3,(H2,31,32,36)/t23-/m1/s1. The Morgan fingerprint density at radius 3 is 2.65 bits per heavy atom. The number of rotatable bonds is 10. The number of benzene rings is 1. The maximum atomic E-state index is 12.7. The van der Waals surface area contributed by atoms with Crippen molar-refractivity contribution in [2.24, 2.45) is 0 Å². The van der Waals surface area contributed by atoms with Crippen LogP contribution < -0.4 is 15.8 Å². The minimum absolute atomic E-state index is 0.0645. The number of nitrogens with zero attached hydrogens (tertiary/aromatic N) is 5. The van der Waals surface area contributed by atoms with Gasteiger partial charge in [0.25, 0.3) is 5.56 Å². The van der Waals surface area contributed by atoms with Crippen LogP contribution in [-0.4, -0.2) is 71.4 Å². The maximum absolute atomic E-state index is 12.7. The lowest BCUT2D eigenvalue weighted by molar-refractivity contribution is -0.132. The molecule has 0 spiro atoms. The molecule has 1 aromatic carbocycles. The molecule has 10 nitrogen and oxygen atoms in total. The number of pyridine rings is 1. The summed E-state index contributed by atoms with van der Waals surface area (Å²) in [6.07, 6.45) is 4.17. The van der Waals surface area contributed by atoms with Gasteiger partial charge in [-0.15, -0.1) is 0 Å². The summed E-state index contributed by atoms with van der Waals surface area (Å²) < 4.78 is 5.92. The summed E-state index contributed by atoms with van der Waals surface area (Å²) in [4.78, 5) is 33.0. The Bertz CT molecular complexity index is 1260. The highest BCUT2D eigenvalue weighted by atomic mass is 16.5. The van der Waals surface area contributed by atoms with E-state index in [9.17, 15) is 9.59 Å². The van der Waals surface area contributed by atoms with Crippen molar-refractivity contribution >= 4 is 17.4 Å². The van der Waals surface area contributed by atoms with E-state index in [4.69, 9.17) is 10.00 Å². The molecule has 37 heavy (non-hydrogen) atoms. The predicted octanol–water partition coefficient (Wildman–Crippen LogP) is 2.12. The predicted molar refractivity (Wildman–Crippen MR) is 140 cm³/mol. The second-order valence-electron chi connectivity index (χ2n) is 8.98. The number of aromatic amines is 1. The Kier molecular flexibility index (Phi) is 8.84. The number of aromatic nitrogens is 3. The van der Waals surface area contributed by atoms with Crippen LogP contribution in [0, 0.1) is 18.3 Å². The second-order valence-corrected chi connectivity index (χ2v) is 8.98. The van der Waals surface area contributed by atoms with Gasteiger partial charge in [0.2, 0.25) is 5.91 Å². The van der Waals surface area contributed by atoms with Crippen LogP contribution in [0.1, 0.15) is 23.1 Å². The molecule has 0 bridgehead atoms. The van der Waals surface area contributed by atoms with Gasteiger partial charge in [0, 0.05) is 37.9 Å². The van der Waals surface area contributed by atoms with Crippen molar-refractivity contribution in [3.05, 3.63) is 81.9 Å². The molecule has 192 valence electrons. The Hall–Kier alpha value is -4.23. The molecule has 1 atom stereocenters. The third-order valence-corrected chi connectivity index (χ3v) is 6.40. The zero-order valence-corrected chi connectivity index (χ0v) is 20.9. The number of hydrogen-bond donors (Lipinski definition) is 2. The summed E-state index contributed by atoms with van der Waals surface area (Å²) in [7, 11) is 0. The molecular formula is C27H31N7O3. The van der Waals surface area contributed by atoms with Crippen LogP contribution in [0.4, 0.5) is 11.5 Å². The van der Waals surface area contributed by atoms with Gasteiger partial charge in [-0.1, -0.05) is 30.3 Å². The van der Waals surface area contributed by atoms with Gasteiger partial charge in [0.15, 0.2) is 0 Å². The van der Waals surface area contributed by atoms with Crippen LogP contribution in [0.25, 0.3) is 0 Å². The van der Waals surface area contributed by atoms with Crippen LogP contribution in [0.5, 0.6) is 0 Å². The fourth-order valence-corrected chi connectivity index (χ4v) is 4.24. The first-order chi connectivity index (χ1) is 18.0. The summed E-state index contributed by atoms with van der Waals surface area (Å²) in [6, 6.07) is 15.6. The molecule has 2 N–H and O–H groups in total. The monoisotopic (exact) mass is 501 g/mol. The quantitative estimate of drug-likeness (QED) is 0.405. The Morgan fingerprint density at radius 1 is 1.16 bits per heavy atom. The molecule has 1 aliphatic heterocycles. The van der Waals surface area contributed by atoms with Crippen molar-refractivity contribution in [2.45, 2.75) is 25.8 Å². The molecule has 1 fully saturated rings. The van der Waals surface area contributed by atoms with Crippen LogP contribution >= 0.6 is 0 Å². The van der Waals surface area contributed by atoms with Crippen LogP contribution in [0.3, 0.4) is 0 Å². The van der Waals surface area contributed by atoms with Gasteiger partial charge < -0.3 is 19.9 Å². The van der Waals surface area contributed by atoms with E-state index in [-0.39, 0.29) is 17.5 Å². The molecule has 0 radical (unpaired) electrons. The molecule has 4 rings (SSSR count). The molecule has 1 saturated heterocycles. The third-order valence-electron chi connectivity index (χ3n) is 6.40. The molecule has 3 aromatic rings. The van der Waals surface area contributed by atoms with Crippen molar-refractivity contribution in [1.82, 2.24) is 20.1 Å². The fourth-order valence-electron chi connectivity index (χ4n) is 4.24. The number of anilines is 2. The highest BCUT2D eigenvalue weighted by Crippen LogP contribution is 2.15. The smallest absolute Gasteiger partial charge is 0.269 e. The van der Waals surface area contributed by atoms with E-state index < -0.39 is 0 Å². The summed E-state index contributed by atoms with van der Waals surface area (Å²) in [6.45, 7) is 5.07. The number of hydrogen-bond acceptors (Lipinski definition) is 8. The number of nitriles is 1. The lowest BCUT2D eigenvalue weighted by Gasteiger charge is -2.35. The van der Waals surface area contributed by atoms with E-state index in [1.165, 1.54) is 0 Å². The molecule has 1 amide bonds. The number of ether oxygens (including phenoxy) is 1. The van der Waals surface area contributed by atoms with E-state index in [1.54, 1.807) is 25.4 Å². The van der Waals surface area contributed by atoms with Crippen molar-refractivity contribution in [3.63, 3.8) is 0 Å². The van der Waals surface area contributed by atoms with Crippen molar-refractivity contribution in [2.75, 3.05) is 49.6 Å². The highest BCUT2D eigenvalue weighted by molar-refractivity contribution is 5.76. The molecule has 1 aliphatic rings. The largest absolute Gasteiger partial charge is 0.379 e. The molecule has 3 heterocycles. The van der Waals surface area contributed by atoms with Gasteiger partial charge in [-0.25, -0.2) is 10.1 Å². The number of amides is 1. The first kappa shape index (κ1) is 25.9. The SMILES string of the molecule is Cc1c(N[C@@H](COCCC(=O)N2CCN(c3ccc(C#N)cn3)CC2)Cc2ccccc2)cn[nH]c1=O. The van der Waals surface area contributed by atoms with Crippen molar-refractivity contribution in [3.8, 4) is 6.07 Å². The topological polar surface area (TPSA) is 127 Å². The fraction of sp³-hybridized carbons (Fsp3) is 0.370. The molecule has 10 heteroatoms. The zero-order valence-electron chi connectivity index (χ0n) is 20.9. The molecule has 0 aliphatic carbocycles. The number of carbonyl (C=O) groups is 1. The van der Waals surface area contributed by atoms with E-state index >= 15 is 0 Å². The summed E-state index contributed by atoms with van der Waals surface area (Å²) in [5, 5.41) is 18.7. The Labute approximate surface area is 215 Å². The van der Waals surface area contributed by atoms with Crippen molar-refractivity contribution < 1.29 is 9.53 Å². The number of piperazine rings is 1. The number of nitrogens with one attached hydrogen (secondary N) is 2. The third kappa shape index (κ3) is 7.15. The average Bonchev–Trinajstić information content (AvgIpc) is 2.94. The number of carbonyl (C=O) groups excluding carboxylic acids is 1. The first-order valence-corrected chi connectivity index (χ1v) is 12.3. The molecular weight excluding hydrogens is 470 g/mol. The Balaban J connectivity index is 1.25. The van der Waals surface area contributed by atoms with E-state index in [0.717, 1.165) is 11.4 Å². The van der Waals surface area contributed by atoms with E-state index in [1.807, 2.05) is 41.3 Å². The average molecular weight is 502 g/mol. The van der Waals surface area contributed by atoms with Gasteiger partial charge in [0.05, 0.1) is 43.1 Å². The van der Waals surface area contributed by atoms with Crippen molar-refractivity contribution in [1.29, 1.82) is 5.26 Å². The molecule has 0 saturated carbocycles. The molecule has 0 unspecified atom stereocenters. The van der Waals surface area contributed by atoms with Crippen LogP contribution in [0.2, 0.25) is 0 Å². The minimum Gasteiger partial charge on any atom is -0.379 e. The van der Waals surface area contributed by atoms with Gasteiger partial charge in [-0.2, -0.15) is 10.4 Å². The lowest BCUT2D eigenvalue weighted by Crippen LogP contribution is -2.49. The minimum atomic E-state index is -0.231. The maximum Gasteiger partial charge on any atom is 0.269 e. The van der Waals surface area contributed by atoms with Crippen LogP contribution in [-0.2, 0) is 16.0 Å². The van der Waals surface area contributed by atoms with E-state index in [0.29, 0.717) is 69.0 Å². The highest BCUT2D eigenvalue weighted by Gasteiger charge is 2.22. The van der Waals surface area contributed by atoms with Gasteiger partial charge in [-0.3, -0.25) is 9.59 Å². The number of H-pyrrole nitrogens is 1.